The number of rotatable bonds is 0. The van der Waals surface area contributed by atoms with Gasteiger partial charge in [0.05, 0.1) is 5.69 Å². The molecule has 1 aromatic heterocycles. The van der Waals surface area contributed by atoms with E-state index in [1.165, 1.54) is 5.56 Å². The quantitative estimate of drug-likeness (QED) is 0.744. The Kier molecular flexibility index (Phi) is 2.30. The van der Waals surface area contributed by atoms with Gasteiger partial charge in [0, 0.05) is 11.8 Å². The predicted octanol–water partition coefficient (Wildman–Crippen LogP) is 2.96. The molecule has 0 bridgehead atoms. The Hall–Kier alpha value is -1.93. The predicted molar refractivity (Wildman–Crippen MR) is 68.4 cm³/mol. The van der Waals surface area contributed by atoms with E-state index in [4.69, 9.17) is 0 Å². The van der Waals surface area contributed by atoms with Crippen LogP contribution in [0.15, 0.2) is 36.5 Å². The second-order valence-corrected chi connectivity index (χ2v) is 4.35. The number of pyridine rings is 1. The van der Waals surface area contributed by atoms with Gasteiger partial charge in [0.2, 0.25) is 0 Å². The molecular formula is C15H13NO. The van der Waals surface area contributed by atoms with Crippen LogP contribution in [-0.4, -0.2) is 10.1 Å². The Bertz CT molecular complexity index is 602. The van der Waals surface area contributed by atoms with Crippen LogP contribution in [0.2, 0.25) is 0 Å². The van der Waals surface area contributed by atoms with Gasteiger partial charge in [0.15, 0.2) is 0 Å². The Morgan fingerprint density at radius 3 is 2.88 bits per heavy atom. The molecule has 1 aliphatic carbocycles. The van der Waals surface area contributed by atoms with Crippen LogP contribution in [0.25, 0.3) is 12.2 Å². The number of nitrogens with zero attached hydrogens (tertiary/aromatic N) is 1. The van der Waals surface area contributed by atoms with Gasteiger partial charge in [-0.3, -0.25) is 4.98 Å². The van der Waals surface area contributed by atoms with Gasteiger partial charge in [0.1, 0.15) is 6.10 Å². The van der Waals surface area contributed by atoms with E-state index in [-0.39, 0.29) is 0 Å². The zero-order chi connectivity index (χ0) is 11.8. The fraction of sp³-hybridized carbons (Fsp3) is 0.133. The Morgan fingerprint density at radius 1 is 1.12 bits per heavy atom. The first kappa shape index (κ1) is 10.2. The van der Waals surface area contributed by atoms with Crippen LogP contribution in [0.4, 0.5) is 0 Å². The first-order valence-corrected chi connectivity index (χ1v) is 5.67. The van der Waals surface area contributed by atoms with E-state index in [0.29, 0.717) is 0 Å². The standard InChI is InChI=1S/C15H13NO/c1-10-4-6-12-11(9-10)5-7-14-13(15(12)17)3-2-8-16-14/h2-9,15,17H,1H3. The molecule has 0 spiro atoms. The molecule has 0 saturated heterocycles. The van der Waals surface area contributed by atoms with E-state index in [1.807, 2.05) is 36.4 Å². The Morgan fingerprint density at radius 2 is 2.00 bits per heavy atom. The van der Waals surface area contributed by atoms with Crippen molar-refractivity contribution in [3.8, 4) is 0 Å². The molecule has 2 heteroatoms. The molecule has 84 valence electrons. The monoisotopic (exact) mass is 223 g/mol. The third-order valence-electron chi connectivity index (χ3n) is 3.12. The number of benzene rings is 1. The number of aliphatic hydroxyl groups is 1. The maximum absolute atomic E-state index is 10.4. The lowest BCUT2D eigenvalue weighted by Gasteiger charge is -2.14. The summed E-state index contributed by atoms with van der Waals surface area (Å²) in [7, 11) is 0. The molecule has 0 fully saturated rings. The van der Waals surface area contributed by atoms with Crippen molar-refractivity contribution in [1.82, 2.24) is 4.98 Å². The summed E-state index contributed by atoms with van der Waals surface area (Å²) in [5, 5.41) is 10.4. The lowest BCUT2D eigenvalue weighted by atomic mass is 9.97. The van der Waals surface area contributed by atoms with E-state index < -0.39 is 6.10 Å². The van der Waals surface area contributed by atoms with Crippen LogP contribution >= 0.6 is 0 Å². The number of aliphatic hydroxyl groups excluding tert-OH is 1. The molecule has 1 unspecified atom stereocenters. The molecule has 1 aliphatic rings. The van der Waals surface area contributed by atoms with E-state index in [0.717, 1.165) is 22.4 Å². The van der Waals surface area contributed by atoms with E-state index >= 15 is 0 Å². The molecule has 2 nitrogen and oxygen atoms in total. The highest BCUT2D eigenvalue weighted by atomic mass is 16.3. The maximum atomic E-state index is 10.4. The fourth-order valence-corrected chi connectivity index (χ4v) is 2.22. The largest absolute Gasteiger partial charge is 0.384 e. The number of hydrogen-bond donors (Lipinski definition) is 1. The SMILES string of the molecule is Cc1ccc2c(c1)C=Cc1ncccc1C2O. The third kappa shape index (κ3) is 1.67. The highest BCUT2D eigenvalue weighted by Crippen LogP contribution is 2.31. The van der Waals surface area contributed by atoms with Gasteiger partial charge in [-0.2, -0.15) is 0 Å². The lowest BCUT2D eigenvalue weighted by Crippen LogP contribution is -2.03. The van der Waals surface area contributed by atoms with Crippen LogP contribution in [0.1, 0.15) is 34.1 Å². The number of aromatic nitrogens is 1. The van der Waals surface area contributed by atoms with Crippen LogP contribution in [0, 0.1) is 6.92 Å². The van der Waals surface area contributed by atoms with Crippen LogP contribution < -0.4 is 0 Å². The minimum atomic E-state index is -0.593. The number of fused-ring (bicyclic) bond motifs is 2. The normalized spacial score (nSPS) is 17.2. The summed E-state index contributed by atoms with van der Waals surface area (Å²) in [5.41, 5.74) is 4.91. The summed E-state index contributed by atoms with van der Waals surface area (Å²) >= 11 is 0. The molecular weight excluding hydrogens is 210 g/mol. The molecule has 1 N–H and O–H groups in total. The molecule has 3 rings (SSSR count). The van der Waals surface area contributed by atoms with Gasteiger partial charge in [0.25, 0.3) is 0 Å². The minimum Gasteiger partial charge on any atom is -0.384 e. The lowest BCUT2D eigenvalue weighted by molar-refractivity contribution is 0.219. The second kappa shape index (κ2) is 3.82. The molecule has 1 atom stereocenters. The fourth-order valence-electron chi connectivity index (χ4n) is 2.22. The summed E-state index contributed by atoms with van der Waals surface area (Å²) in [6, 6.07) is 9.88. The zero-order valence-corrected chi connectivity index (χ0v) is 9.59. The average molecular weight is 223 g/mol. The van der Waals surface area contributed by atoms with Crippen LogP contribution in [0.5, 0.6) is 0 Å². The number of hydrogen-bond acceptors (Lipinski definition) is 2. The third-order valence-corrected chi connectivity index (χ3v) is 3.12. The molecule has 0 radical (unpaired) electrons. The Labute approximate surface area is 100 Å². The van der Waals surface area contributed by atoms with Gasteiger partial charge < -0.3 is 5.11 Å². The summed E-state index contributed by atoms with van der Waals surface area (Å²) in [6.45, 7) is 2.05. The van der Waals surface area contributed by atoms with Crippen molar-refractivity contribution in [3.63, 3.8) is 0 Å². The molecule has 0 aliphatic heterocycles. The zero-order valence-electron chi connectivity index (χ0n) is 9.59. The van der Waals surface area contributed by atoms with Gasteiger partial charge in [-0.1, -0.05) is 35.9 Å². The van der Waals surface area contributed by atoms with Crippen molar-refractivity contribution >= 4 is 12.2 Å². The van der Waals surface area contributed by atoms with Crippen molar-refractivity contribution in [2.45, 2.75) is 13.0 Å². The summed E-state index contributed by atoms with van der Waals surface area (Å²) in [4.78, 5) is 4.29. The van der Waals surface area contributed by atoms with Crippen molar-refractivity contribution in [1.29, 1.82) is 0 Å². The summed E-state index contributed by atoms with van der Waals surface area (Å²) in [5.74, 6) is 0. The van der Waals surface area contributed by atoms with Crippen molar-refractivity contribution < 1.29 is 5.11 Å². The van der Waals surface area contributed by atoms with Crippen molar-refractivity contribution in [2.75, 3.05) is 0 Å². The maximum Gasteiger partial charge on any atom is 0.107 e. The first-order chi connectivity index (χ1) is 8.25. The summed E-state index contributed by atoms with van der Waals surface area (Å²) < 4.78 is 0. The molecule has 2 aromatic rings. The van der Waals surface area contributed by atoms with E-state index in [1.54, 1.807) is 6.20 Å². The molecule has 0 amide bonds. The number of aryl methyl sites for hydroxylation is 1. The smallest absolute Gasteiger partial charge is 0.107 e. The topological polar surface area (TPSA) is 33.1 Å². The molecule has 1 aromatic carbocycles. The van der Waals surface area contributed by atoms with Gasteiger partial charge in [-0.15, -0.1) is 0 Å². The van der Waals surface area contributed by atoms with Gasteiger partial charge in [-0.25, -0.2) is 0 Å². The van der Waals surface area contributed by atoms with Crippen LogP contribution in [-0.2, 0) is 0 Å². The van der Waals surface area contributed by atoms with E-state index in [2.05, 4.69) is 18.0 Å². The average Bonchev–Trinajstić information content (AvgIpc) is 2.48. The Balaban J connectivity index is 2.24. The first-order valence-electron chi connectivity index (χ1n) is 5.67. The molecule has 0 saturated carbocycles. The highest BCUT2D eigenvalue weighted by molar-refractivity contribution is 5.74. The van der Waals surface area contributed by atoms with Crippen molar-refractivity contribution in [2.24, 2.45) is 0 Å². The van der Waals surface area contributed by atoms with Crippen LogP contribution in [0.3, 0.4) is 0 Å². The summed E-state index contributed by atoms with van der Waals surface area (Å²) in [6.07, 6.45) is 5.13. The highest BCUT2D eigenvalue weighted by Gasteiger charge is 2.19. The van der Waals surface area contributed by atoms with E-state index in [9.17, 15) is 5.11 Å². The van der Waals surface area contributed by atoms with Gasteiger partial charge >= 0.3 is 0 Å². The second-order valence-electron chi connectivity index (χ2n) is 4.35. The minimum absolute atomic E-state index is 0.593. The molecule has 1 heterocycles. The molecule has 17 heavy (non-hydrogen) atoms. The van der Waals surface area contributed by atoms with Crippen molar-refractivity contribution in [3.05, 3.63) is 64.5 Å². The van der Waals surface area contributed by atoms with Gasteiger partial charge in [-0.05, 0) is 30.2 Å².